The van der Waals surface area contributed by atoms with Gasteiger partial charge in [0.25, 0.3) is 5.91 Å². The van der Waals surface area contributed by atoms with Crippen LogP contribution >= 0.6 is 0 Å². The van der Waals surface area contributed by atoms with Crippen LogP contribution in [0.3, 0.4) is 0 Å². The second kappa shape index (κ2) is 9.29. The average Bonchev–Trinajstić information content (AvgIpc) is 3.02. The lowest BCUT2D eigenvalue weighted by Gasteiger charge is -2.12. The summed E-state index contributed by atoms with van der Waals surface area (Å²) in [5.74, 6) is 0.566. The number of aliphatic imine (C=N–C) groups is 1. The molecule has 2 aromatic heterocycles. The zero-order chi connectivity index (χ0) is 17.2. The van der Waals surface area contributed by atoms with Crippen molar-refractivity contribution < 1.29 is 4.79 Å². The largest absolute Gasteiger partial charge is 0.357 e. The lowest BCUT2D eigenvalue weighted by atomic mass is 10.3. The summed E-state index contributed by atoms with van der Waals surface area (Å²) in [6.45, 7) is 4.37. The molecule has 3 N–H and O–H groups in total. The summed E-state index contributed by atoms with van der Waals surface area (Å²) < 4.78 is 1.79. The number of aromatic nitrogens is 3. The molecule has 0 fully saturated rings. The van der Waals surface area contributed by atoms with E-state index in [2.05, 4.69) is 31.0 Å². The summed E-state index contributed by atoms with van der Waals surface area (Å²) >= 11 is 0. The van der Waals surface area contributed by atoms with Gasteiger partial charge < -0.3 is 16.0 Å². The van der Waals surface area contributed by atoms with Gasteiger partial charge in [-0.1, -0.05) is 0 Å². The van der Waals surface area contributed by atoms with E-state index < -0.39 is 0 Å². The van der Waals surface area contributed by atoms with E-state index in [0.29, 0.717) is 31.2 Å². The van der Waals surface area contributed by atoms with Gasteiger partial charge in [0.05, 0.1) is 17.8 Å². The molecule has 0 unspecified atom stereocenters. The maximum atomic E-state index is 11.9. The Kier molecular flexibility index (Phi) is 6.75. The summed E-state index contributed by atoms with van der Waals surface area (Å²) in [7, 11) is 1.89. The Morgan fingerprint density at radius 3 is 2.71 bits per heavy atom. The fourth-order valence-corrected chi connectivity index (χ4v) is 2.01. The highest BCUT2D eigenvalue weighted by molar-refractivity contribution is 5.93. The highest BCUT2D eigenvalue weighted by Crippen LogP contribution is 1.98. The van der Waals surface area contributed by atoms with Gasteiger partial charge >= 0.3 is 0 Å². The predicted octanol–water partition coefficient (Wildman–Crippen LogP) is 0.300. The van der Waals surface area contributed by atoms with E-state index >= 15 is 0 Å². The van der Waals surface area contributed by atoms with Crippen LogP contribution in [0.25, 0.3) is 0 Å². The Bertz CT molecular complexity index is 666. The van der Waals surface area contributed by atoms with E-state index in [1.54, 1.807) is 35.4 Å². The molecule has 0 aliphatic rings. The molecule has 0 saturated heterocycles. The minimum atomic E-state index is -0.137. The van der Waals surface area contributed by atoms with Gasteiger partial charge in [-0.05, 0) is 25.1 Å². The monoisotopic (exact) mass is 329 g/mol. The molecule has 0 radical (unpaired) electrons. The molecule has 0 spiro atoms. The minimum Gasteiger partial charge on any atom is -0.357 e. The van der Waals surface area contributed by atoms with E-state index in [4.69, 9.17) is 0 Å². The highest BCUT2D eigenvalue weighted by Gasteiger charge is 2.04. The molecular formula is C16H23N7O. The number of nitrogens with zero attached hydrogens (tertiary/aromatic N) is 4. The van der Waals surface area contributed by atoms with Gasteiger partial charge in [0.15, 0.2) is 5.96 Å². The number of amides is 1. The molecule has 0 atom stereocenters. The summed E-state index contributed by atoms with van der Waals surface area (Å²) in [5, 5.41) is 13.3. The van der Waals surface area contributed by atoms with Crippen molar-refractivity contribution >= 4 is 11.9 Å². The van der Waals surface area contributed by atoms with Crippen LogP contribution in [0.1, 0.15) is 23.0 Å². The van der Waals surface area contributed by atoms with Crippen molar-refractivity contribution in [1.29, 1.82) is 0 Å². The first-order valence-corrected chi connectivity index (χ1v) is 7.88. The maximum absolute atomic E-state index is 11.9. The molecule has 1 amide bonds. The van der Waals surface area contributed by atoms with Gasteiger partial charge in [-0.3, -0.25) is 14.5 Å². The molecule has 128 valence electrons. The van der Waals surface area contributed by atoms with Crippen molar-refractivity contribution in [2.24, 2.45) is 12.0 Å². The molecule has 2 rings (SSSR count). The van der Waals surface area contributed by atoms with Crippen LogP contribution < -0.4 is 16.0 Å². The summed E-state index contributed by atoms with van der Waals surface area (Å²) in [5.41, 5.74) is 1.58. The number of carbonyl (C=O) groups excluding carboxylic acids is 1. The van der Waals surface area contributed by atoms with Crippen molar-refractivity contribution in [2.45, 2.75) is 13.5 Å². The fourth-order valence-electron chi connectivity index (χ4n) is 2.01. The number of nitrogens with one attached hydrogen (secondary N) is 3. The van der Waals surface area contributed by atoms with E-state index in [9.17, 15) is 4.79 Å². The lowest BCUT2D eigenvalue weighted by molar-refractivity contribution is 0.0954. The van der Waals surface area contributed by atoms with Crippen LogP contribution in [0.2, 0.25) is 0 Å². The molecule has 0 aliphatic carbocycles. The van der Waals surface area contributed by atoms with Crippen LogP contribution in [-0.4, -0.2) is 46.3 Å². The van der Waals surface area contributed by atoms with Gasteiger partial charge in [-0.15, -0.1) is 0 Å². The van der Waals surface area contributed by atoms with Gasteiger partial charge in [-0.25, -0.2) is 4.99 Å². The first-order chi connectivity index (χ1) is 11.7. The third-order valence-electron chi connectivity index (χ3n) is 3.29. The second-order valence-corrected chi connectivity index (χ2v) is 5.07. The zero-order valence-electron chi connectivity index (χ0n) is 14.0. The predicted molar refractivity (Wildman–Crippen MR) is 92.6 cm³/mol. The highest BCUT2D eigenvalue weighted by atomic mass is 16.1. The maximum Gasteiger partial charge on any atom is 0.252 e. The summed E-state index contributed by atoms with van der Waals surface area (Å²) in [4.78, 5) is 20.3. The number of aryl methyl sites for hydroxylation is 1. The van der Waals surface area contributed by atoms with Crippen molar-refractivity contribution in [1.82, 2.24) is 30.7 Å². The normalized spacial score (nSPS) is 11.2. The molecule has 0 bridgehead atoms. The molecule has 24 heavy (non-hydrogen) atoms. The topological polar surface area (TPSA) is 96.2 Å². The first kappa shape index (κ1) is 17.5. The van der Waals surface area contributed by atoms with Crippen LogP contribution in [0.5, 0.6) is 0 Å². The number of guanidine groups is 1. The fraction of sp³-hybridized carbons (Fsp3) is 0.375. The number of rotatable bonds is 7. The smallest absolute Gasteiger partial charge is 0.252 e. The zero-order valence-corrected chi connectivity index (χ0v) is 14.0. The third-order valence-corrected chi connectivity index (χ3v) is 3.29. The first-order valence-electron chi connectivity index (χ1n) is 7.88. The molecule has 2 aromatic rings. The Balaban J connectivity index is 1.77. The van der Waals surface area contributed by atoms with Gasteiger partial charge in [0, 0.05) is 45.3 Å². The average molecular weight is 329 g/mol. The lowest BCUT2D eigenvalue weighted by Crippen LogP contribution is -2.41. The number of pyridine rings is 1. The summed E-state index contributed by atoms with van der Waals surface area (Å²) in [6.07, 6.45) is 4.93. The Morgan fingerprint density at radius 1 is 1.21 bits per heavy atom. The van der Waals surface area contributed by atoms with Crippen LogP contribution in [-0.2, 0) is 13.6 Å². The van der Waals surface area contributed by atoms with Crippen molar-refractivity contribution in [3.63, 3.8) is 0 Å². The minimum absolute atomic E-state index is 0.137. The standard InChI is InChI=1S/C16H23N7O/c1-3-18-16(21-12-14-6-8-22-23(14)2)20-10-9-19-15(24)13-5-4-7-17-11-13/h4-8,11H,3,9-10,12H2,1-2H3,(H,19,24)(H2,18,20,21). The van der Waals surface area contributed by atoms with Crippen LogP contribution in [0.15, 0.2) is 41.8 Å². The Morgan fingerprint density at radius 2 is 2.04 bits per heavy atom. The van der Waals surface area contributed by atoms with Gasteiger partial charge in [0.2, 0.25) is 0 Å². The SMILES string of the molecule is CCNC(=NCc1ccnn1C)NCCNC(=O)c1cccnc1. The van der Waals surface area contributed by atoms with Gasteiger partial charge in [-0.2, -0.15) is 5.10 Å². The van der Waals surface area contributed by atoms with E-state index in [1.807, 2.05) is 20.0 Å². The molecule has 8 nitrogen and oxygen atoms in total. The van der Waals surface area contributed by atoms with Crippen molar-refractivity contribution in [3.8, 4) is 0 Å². The number of carbonyl (C=O) groups is 1. The third kappa shape index (κ3) is 5.38. The number of hydrogen-bond donors (Lipinski definition) is 3. The van der Waals surface area contributed by atoms with E-state index in [1.165, 1.54) is 0 Å². The molecule has 0 aromatic carbocycles. The molecule has 0 saturated carbocycles. The molecule has 8 heteroatoms. The van der Waals surface area contributed by atoms with E-state index in [0.717, 1.165) is 12.2 Å². The molecule has 2 heterocycles. The quantitative estimate of drug-likeness (QED) is 0.386. The van der Waals surface area contributed by atoms with Crippen LogP contribution in [0.4, 0.5) is 0 Å². The molecular weight excluding hydrogens is 306 g/mol. The molecule has 0 aliphatic heterocycles. The second-order valence-electron chi connectivity index (χ2n) is 5.07. The van der Waals surface area contributed by atoms with E-state index in [-0.39, 0.29) is 5.91 Å². The van der Waals surface area contributed by atoms with Crippen molar-refractivity contribution in [2.75, 3.05) is 19.6 Å². The van der Waals surface area contributed by atoms with Crippen molar-refractivity contribution in [3.05, 3.63) is 48.0 Å². The van der Waals surface area contributed by atoms with Crippen LogP contribution in [0, 0.1) is 0 Å². The Hall–Kier alpha value is -2.90. The summed E-state index contributed by atoms with van der Waals surface area (Å²) in [6, 6.07) is 5.40. The Labute approximate surface area is 141 Å². The number of hydrogen-bond acceptors (Lipinski definition) is 4. The van der Waals surface area contributed by atoms with Gasteiger partial charge in [0.1, 0.15) is 0 Å².